The van der Waals surface area contributed by atoms with Gasteiger partial charge in [-0.05, 0) is 30.2 Å². The summed E-state index contributed by atoms with van der Waals surface area (Å²) in [5.74, 6) is 0.880. The predicted molar refractivity (Wildman–Crippen MR) is 86.2 cm³/mol. The second-order valence-electron chi connectivity index (χ2n) is 4.94. The summed E-state index contributed by atoms with van der Waals surface area (Å²) in [6.45, 7) is 0.722. The third-order valence-corrected chi connectivity index (χ3v) is 3.33. The number of carbonyl (C=O) groups is 1. The number of para-hydroxylation sites is 2. The molecule has 23 heavy (non-hydrogen) atoms. The molecule has 0 radical (unpaired) electrons. The molecule has 0 heterocycles. The zero-order valence-electron chi connectivity index (χ0n) is 13.0. The van der Waals surface area contributed by atoms with Gasteiger partial charge in [-0.1, -0.05) is 30.3 Å². The Morgan fingerprint density at radius 3 is 2.52 bits per heavy atom. The summed E-state index contributed by atoms with van der Waals surface area (Å²) in [7, 11) is 1.58. The van der Waals surface area contributed by atoms with E-state index in [1.54, 1.807) is 31.4 Å². The summed E-state index contributed by atoms with van der Waals surface area (Å²) in [6, 6.07) is 13.8. The average Bonchev–Trinajstić information content (AvgIpc) is 2.58. The normalized spacial score (nSPS) is 10.2. The number of hydrogen-bond acceptors (Lipinski definition) is 3. The molecule has 0 unspecified atom stereocenters. The first kappa shape index (κ1) is 16.8. The lowest BCUT2D eigenvalue weighted by Crippen LogP contribution is -2.28. The number of amides is 1. The van der Waals surface area contributed by atoms with Crippen LogP contribution < -0.4 is 14.8 Å². The summed E-state index contributed by atoms with van der Waals surface area (Å²) >= 11 is 0. The molecule has 0 aliphatic heterocycles. The van der Waals surface area contributed by atoms with Gasteiger partial charge in [-0.2, -0.15) is 0 Å². The number of benzene rings is 2. The zero-order chi connectivity index (χ0) is 16.5. The Morgan fingerprint density at radius 1 is 1.09 bits per heavy atom. The van der Waals surface area contributed by atoms with Gasteiger partial charge in [0, 0.05) is 6.42 Å². The number of aryl methyl sites for hydroxylation is 1. The molecule has 0 spiro atoms. The maximum atomic E-state index is 13.4. The summed E-state index contributed by atoms with van der Waals surface area (Å²) in [6.07, 6.45) is 0.626. The van der Waals surface area contributed by atoms with Crippen LogP contribution in [-0.4, -0.2) is 26.2 Å². The van der Waals surface area contributed by atoms with Gasteiger partial charge >= 0.3 is 0 Å². The van der Waals surface area contributed by atoms with Gasteiger partial charge in [-0.15, -0.1) is 0 Å². The minimum atomic E-state index is -0.278. The number of rotatable bonds is 8. The fourth-order valence-corrected chi connectivity index (χ4v) is 2.13. The van der Waals surface area contributed by atoms with Gasteiger partial charge in [0.25, 0.3) is 0 Å². The van der Waals surface area contributed by atoms with Crippen molar-refractivity contribution in [2.75, 3.05) is 20.3 Å². The smallest absolute Gasteiger partial charge is 0.220 e. The van der Waals surface area contributed by atoms with Crippen LogP contribution in [0, 0.1) is 5.82 Å². The maximum Gasteiger partial charge on any atom is 0.220 e. The van der Waals surface area contributed by atoms with E-state index in [1.165, 1.54) is 6.07 Å². The van der Waals surface area contributed by atoms with Crippen LogP contribution in [0.25, 0.3) is 0 Å². The second kappa shape index (κ2) is 8.78. The summed E-state index contributed by atoms with van der Waals surface area (Å²) in [5, 5.41) is 2.75. The Kier molecular flexibility index (Phi) is 6.41. The van der Waals surface area contributed by atoms with Crippen LogP contribution >= 0.6 is 0 Å². The van der Waals surface area contributed by atoms with Gasteiger partial charge in [0.05, 0.1) is 13.7 Å². The van der Waals surface area contributed by atoms with Crippen LogP contribution in [-0.2, 0) is 11.2 Å². The van der Waals surface area contributed by atoms with E-state index in [-0.39, 0.29) is 18.1 Å². The molecule has 0 aliphatic carbocycles. The van der Waals surface area contributed by atoms with E-state index >= 15 is 0 Å². The molecule has 2 aromatic carbocycles. The largest absolute Gasteiger partial charge is 0.493 e. The van der Waals surface area contributed by atoms with Crippen molar-refractivity contribution in [1.29, 1.82) is 0 Å². The molecule has 0 aliphatic rings. The number of hydrogen-bond donors (Lipinski definition) is 1. The van der Waals surface area contributed by atoms with Crippen LogP contribution in [0.5, 0.6) is 11.5 Å². The fourth-order valence-electron chi connectivity index (χ4n) is 2.13. The highest BCUT2D eigenvalue weighted by atomic mass is 19.1. The first-order valence-corrected chi connectivity index (χ1v) is 7.46. The topological polar surface area (TPSA) is 47.6 Å². The summed E-state index contributed by atoms with van der Waals surface area (Å²) in [4.78, 5) is 11.7. The summed E-state index contributed by atoms with van der Waals surface area (Å²) < 4.78 is 24.2. The minimum Gasteiger partial charge on any atom is -0.493 e. The van der Waals surface area contributed by atoms with Crippen molar-refractivity contribution < 1.29 is 18.7 Å². The van der Waals surface area contributed by atoms with Crippen LogP contribution in [0.4, 0.5) is 4.39 Å². The molecule has 0 aromatic heterocycles. The van der Waals surface area contributed by atoms with E-state index in [0.717, 1.165) is 0 Å². The number of ether oxygens (including phenoxy) is 2. The Bertz CT molecular complexity index is 646. The minimum absolute atomic E-state index is 0.128. The van der Waals surface area contributed by atoms with Crippen molar-refractivity contribution in [3.05, 3.63) is 59.9 Å². The van der Waals surface area contributed by atoms with Crippen molar-refractivity contribution in [2.24, 2.45) is 0 Å². The van der Waals surface area contributed by atoms with Crippen LogP contribution in [0.15, 0.2) is 48.5 Å². The Labute approximate surface area is 135 Å². The highest BCUT2D eigenvalue weighted by Crippen LogP contribution is 2.25. The van der Waals surface area contributed by atoms with Crippen molar-refractivity contribution in [2.45, 2.75) is 12.8 Å². The molecule has 0 saturated heterocycles. The molecule has 2 aromatic rings. The highest BCUT2D eigenvalue weighted by molar-refractivity contribution is 5.76. The van der Waals surface area contributed by atoms with E-state index in [4.69, 9.17) is 9.47 Å². The first-order valence-electron chi connectivity index (χ1n) is 7.46. The molecule has 0 saturated carbocycles. The third kappa shape index (κ3) is 5.29. The van der Waals surface area contributed by atoms with Crippen molar-refractivity contribution in [1.82, 2.24) is 5.32 Å². The van der Waals surface area contributed by atoms with E-state index in [2.05, 4.69) is 5.32 Å². The number of halogens is 1. The average molecular weight is 317 g/mol. The van der Waals surface area contributed by atoms with Gasteiger partial charge < -0.3 is 14.8 Å². The van der Waals surface area contributed by atoms with Gasteiger partial charge in [0.15, 0.2) is 11.5 Å². The number of carbonyl (C=O) groups excluding carboxylic acids is 1. The highest BCUT2D eigenvalue weighted by Gasteiger charge is 2.06. The van der Waals surface area contributed by atoms with Gasteiger partial charge in [0.1, 0.15) is 12.4 Å². The van der Waals surface area contributed by atoms with E-state index in [0.29, 0.717) is 36.6 Å². The van der Waals surface area contributed by atoms with Crippen LogP contribution in [0.1, 0.15) is 12.0 Å². The Balaban J connectivity index is 1.68. The molecule has 4 nitrogen and oxygen atoms in total. The van der Waals surface area contributed by atoms with Crippen molar-refractivity contribution in [3.63, 3.8) is 0 Å². The number of methoxy groups -OCH3 is 1. The number of nitrogens with one attached hydrogen (secondary N) is 1. The lowest BCUT2D eigenvalue weighted by Gasteiger charge is -2.11. The third-order valence-electron chi connectivity index (χ3n) is 3.33. The van der Waals surface area contributed by atoms with E-state index in [1.807, 2.05) is 18.2 Å². The molecule has 5 heteroatoms. The van der Waals surface area contributed by atoms with Gasteiger partial charge in [-0.3, -0.25) is 4.79 Å². The zero-order valence-corrected chi connectivity index (χ0v) is 13.0. The molecule has 0 fully saturated rings. The molecule has 1 amide bonds. The fraction of sp³-hybridized carbons (Fsp3) is 0.278. The molecule has 0 bridgehead atoms. The predicted octanol–water partition coefficient (Wildman–Crippen LogP) is 2.96. The van der Waals surface area contributed by atoms with Gasteiger partial charge in [0.2, 0.25) is 5.91 Å². The maximum absolute atomic E-state index is 13.4. The Hall–Kier alpha value is -2.56. The molecular weight excluding hydrogens is 297 g/mol. The van der Waals surface area contributed by atoms with Gasteiger partial charge in [-0.25, -0.2) is 4.39 Å². The lowest BCUT2D eigenvalue weighted by atomic mass is 10.1. The lowest BCUT2D eigenvalue weighted by molar-refractivity contribution is -0.121. The van der Waals surface area contributed by atoms with Crippen molar-refractivity contribution >= 4 is 5.91 Å². The standard InChI is InChI=1S/C18H20FNO3/c1-22-16-8-4-5-9-17(16)23-13-12-20-18(21)11-10-14-6-2-3-7-15(14)19/h2-9H,10-13H2,1H3,(H,20,21). The van der Waals surface area contributed by atoms with E-state index < -0.39 is 0 Å². The quantitative estimate of drug-likeness (QED) is 0.762. The Morgan fingerprint density at radius 2 is 1.78 bits per heavy atom. The molecule has 1 N–H and O–H groups in total. The second-order valence-corrected chi connectivity index (χ2v) is 4.94. The summed E-state index contributed by atoms with van der Waals surface area (Å²) in [5.41, 5.74) is 0.549. The van der Waals surface area contributed by atoms with E-state index in [9.17, 15) is 9.18 Å². The molecule has 2 rings (SSSR count). The monoisotopic (exact) mass is 317 g/mol. The van der Waals surface area contributed by atoms with Crippen LogP contribution in [0.2, 0.25) is 0 Å². The first-order chi connectivity index (χ1) is 11.2. The molecule has 0 atom stereocenters. The van der Waals surface area contributed by atoms with Crippen LogP contribution in [0.3, 0.4) is 0 Å². The molecular formula is C18H20FNO3. The van der Waals surface area contributed by atoms with Crippen molar-refractivity contribution in [3.8, 4) is 11.5 Å². The molecule has 122 valence electrons. The SMILES string of the molecule is COc1ccccc1OCCNC(=O)CCc1ccccc1F.